The number of allylic oxidation sites excluding steroid dienone is 1. The van der Waals surface area contributed by atoms with Gasteiger partial charge in [0.15, 0.2) is 5.78 Å². The average molecular weight is 128 g/mol. The molecule has 2 heteroatoms. The standard InChI is InChI=1S/C7H12O2/c1-3-5-7(9)6(8)4-2/h3,5-6,8H,4H2,1-2H3. The predicted molar refractivity (Wildman–Crippen MR) is 36.1 cm³/mol. The molecule has 0 bridgehead atoms. The molecule has 9 heavy (non-hydrogen) atoms. The molecule has 2 nitrogen and oxygen atoms in total. The fraction of sp³-hybridized carbons (Fsp3) is 0.571. The Labute approximate surface area is 55.2 Å². The maximum Gasteiger partial charge on any atom is 0.183 e. The van der Waals surface area contributed by atoms with Gasteiger partial charge in [0.2, 0.25) is 0 Å². The monoisotopic (exact) mass is 128 g/mol. The molecule has 0 spiro atoms. The summed E-state index contributed by atoms with van der Waals surface area (Å²) < 4.78 is 0. The number of carbonyl (C=O) groups excluding carboxylic acids is 1. The quantitative estimate of drug-likeness (QED) is 0.573. The van der Waals surface area contributed by atoms with E-state index in [1.165, 1.54) is 6.08 Å². The molecule has 0 fully saturated rings. The maximum atomic E-state index is 10.6. The number of rotatable bonds is 3. The summed E-state index contributed by atoms with van der Waals surface area (Å²) in [4.78, 5) is 10.6. The lowest BCUT2D eigenvalue weighted by molar-refractivity contribution is -0.122. The molecule has 0 heterocycles. The zero-order valence-electron chi connectivity index (χ0n) is 5.79. The minimum absolute atomic E-state index is 0.208. The van der Waals surface area contributed by atoms with E-state index in [1.807, 2.05) is 0 Å². The van der Waals surface area contributed by atoms with Crippen LogP contribution in [-0.2, 0) is 4.79 Å². The average Bonchev–Trinajstić information content (AvgIpc) is 1.87. The highest BCUT2D eigenvalue weighted by molar-refractivity contribution is 5.93. The Bertz CT molecular complexity index is 116. The molecule has 0 amide bonds. The van der Waals surface area contributed by atoms with Crippen LogP contribution in [0.5, 0.6) is 0 Å². The highest BCUT2D eigenvalue weighted by atomic mass is 16.3. The number of ketones is 1. The minimum atomic E-state index is -0.804. The molecule has 0 aromatic carbocycles. The lowest BCUT2D eigenvalue weighted by Crippen LogP contribution is -2.15. The van der Waals surface area contributed by atoms with Gasteiger partial charge in [0.1, 0.15) is 6.10 Å². The highest BCUT2D eigenvalue weighted by Crippen LogP contribution is 1.92. The topological polar surface area (TPSA) is 37.3 Å². The molecule has 0 aliphatic carbocycles. The first-order valence-electron chi connectivity index (χ1n) is 3.07. The Morgan fingerprint density at radius 2 is 2.33 bits per heavy atom. The highest BCUT2D eigenvalue weighted by Gasteiger charge is 2.06. The first kappa shape index (κ1) is 8.37. The largest absolute Gasteiger partial charge is 0.385 e. The molecule has 1 N–H and O–H groups in total. The van der Waals surface area contributed by atoms with Gasteiger partial charge in [0.25, 0.3) is 0 Å². The van der Waals surface area contributed by atoms with Gasteiger partial charge in [0.05, 0.1) is 0 Å². The second kappa shape index (κ2) is 4.27. The first-order chi connectivity index (χ1) is 4.22. The third-order valence-electron chi connectivity index (χ3n) is 1.05. The minimum Gasteiger partial charge on any atom is -0.385 e. The van der Waals surface area contributed by atoms with Crippen molar-refractivity contribution in [1.29, 1.82) is 0 Å². The predicted octanol–water partition coefficient (Wildman–Crippen LogP) is 0.903. The SMILES string of the molecule is CC=CC(=O)C(O)CC. The second-order valence-corrected chi connectivity index (χ2v) is 1.83. The van der Waals surface area contributed by atoms with Crippen molar-refractivity contribution in [3.05, 3.63) is 12.2 Å². The van der Waals surface area contributed by atoms with Crippen molar-refractivity contribution in [3.8, 4) is 0 Å². The van der Waals surface area contributed by atoms with Gasteiger partial charge in [-0.2, -0.15) is 0 Å². The molecule has 0 aromatic rings. The van der Waals surface area contributed by atoms with Crippen LogP contribution in [-0.4, -0.2) is 17.0 Å². The number of aliphatic hydroxyl groups excluding tert-OH is 1. The van der Waals surface area contributed by atoms with E-state index in [4.69, 9.17) is 5.11 Å². The van der Waals surface area contributed by atoms with E-state index in [-0.39, 0.29) is 5.78 Å². The zero-order valence-corrected chi connectivity index (χ0v) is 5.79. The van der Waals surface area contributed by atoms with Crippen LogP contribution < -0.4 is 0 Å². The van der Waals surface area contributed by atoms with Gasteiger partial charge in [-0.1, -0.05) is 13.0 Å². The van der Waals surface area contributed by atoms with Crippen LogP contribution in [0.3, 0.4) is 0 Å². The molecule has 0 saturated heterocycles. The summed E-state index contributed by atoms with van der Waals surface area (Å²) in [7, 11) is 0. The van der Waals surface area contributed by atoms with Gasteiger partial charge >= 0.3 is 0 Å². The molecule has 0 rings (SSSR count). The van der Waals surface area contributed by atoms with Crippen LogP contribution in [0.2, 0.25) is 0 Å². The summed E-state index contributed by atoms with van der Waals surface area (Å²) >= 11 is 0. The van der Waals surface area contributed by atoms with Crippen LogP contribution in [0, 0.1) is 0 Å². The van der Waals surface area contributed by atoms with Gasteiger partial charge in [0, 0.05) is 0 Å². The normalized spacial score (nSPS) is 14.1. The van der Waals surface area contributed by atoms with Crippen molar-refractivity contribution in [2.75, 3.05) is 0 Å². The summed E-state index contributed by atoms with van der Waals surface area (Å²) in [6, 6.07) is 0. The molecule has 0 saturated carbocycles. The fourth-order valence-electron chi connectivity index (χ4n) is 0.477. The second-order valence-electron chi connectivity index (χ2n) is 1.83. The van der Waals surface area contributed by atoms with Gasteiger partial charge in [-0.15, -0.1) is 0 Å². The van der Waals surface area contributed by atoms with Gasteiger partial charge in [-0.25, -0.2) is 0 Å². The number of aliphatic hydroxyl groups is 1. The number of hydrogen-bond acceptors (Lipinski definition) is 2. The van der Waals surface area contributed by atoms with E-state index in [2.05, 4.69) is 0 Å². The van der Waals surface area contributed by atoms with Crippen molar-refractivity contribution in [2.24, 2.45) is 0 Å². The smallest absolute Gasteiger partial charge is 0.183 e. The molecular weight excluding hydrogens is 116 g/mol. The van der Waals surface area contributed by atoms with Crippen molar-refractivity contribution in [2.45, 2.75) is 26.4 Å². The summed E-state index contributed by atoms with van der Waals surface area (Å²) in [5.41, 5.74) is 0. The van der Waals surface area contributed by atoms with E-state index < -0.39 is 6.10 Å². The van der Waals surface area contributed by atoms with Crippen LogP contribution in [0.4, 0.5) is 0 Å². The molecule has 1 atom stereocenters. The van der Waals surface area contributed by atoms with Crippen LogP contribution in [0.25, 0.3) is 0 Å². The third kappa shape index (κ3) is 3.03. The Morgan fingerprint density at radius 1 is 1.78 bits per heavy atom. The summed E-state index contributed by atoms with van der Waals surface area (Å²) in [6.07, 6.45) is 2.69. The van der Waals surface area contributed by atoms with E-state index in [1.54, 1.807) is 19.9 Å². The van der Waals surface area contributed by atoms with Gasteiger partial charge < -0.3 is 5.11 Å². The Morgan fingerprint density at radius 3 is 2.67 bits per heavy atom. The van der Waals surface area contributed by atoms with Gasteiger partial charge in [-0.05, 0) is 19.4 Å². The fourth-order valence-corrected chi connectivity index (χ4v) is 0.477. The molecule has 0 aliphatic rings. The lowest BCUT2D eigenvalue weighted by atomic mass is 10.2. The van der Waals surface area contributed by atoms with E-state index in [0.29, 0.717) is 6.42 Å². The Balaban J connectivity index is 3.73. The van der Waals surface area contributed by atoms with E-state index in [0.717, 1.165) is 0 Å². The number of carbonyl (C=O) groups is 1. The van der Waals surface area contributed by atoms with Crippen molar-refractivity contribution < 1.29 is 9.90 Å². The molecule has 0 radical (unpaired) electrons. The molecule has 0 aliphatic heterocycles. The van der Waals surface area contributed by atoms with E-state index >= 15 is 0 Å². The summed E-state index contributed by atoms with van der Waals surface area (Å²) in [5.74, 6) is -0.208. The molecule has 52 valence electrons. The zero-order chi connectivity index (χ0) is 7.28. The van der Waals surface area contributed by atoms with Crippen LogP contribution >= 0.6 is 0 Å². The van der Waals surface area contributed by atoms with Crippen molar-refractivity contribution in [1.82, 2.24) is 0 Å². The Hall–Kier alpha value is -0.630. The van der Waals surface area contributed by atoms with Crippen molar-refractivity contribution >= 4 is 5.78 Å². The summed E-state index contributed by atoms with van der Waals surface area (Å²) in [6.45, 7) is 3.52. The Kier molecular flexibility index (Phi) is 3.97. The molecular formula is C7H12O2. The van der Waals surface area contributed by atoms with Crippen LogP contribution in [0.1, 0.15) is 20.3 Å². The van der Waals surface area contributed by atoms with Gasteiger partial charge in [-0.3, -0.25) is 4.79 Å². The first-order valence-corrected chi connectivity index (χ1v) is 3.07. The molecule has 0 aromatic heterocycles. The van der Waals surface area contributed by atoms with Crippen molar-refractivity contribution in [3.63, 3.8) is 0 Å². The van der Waals surface area contributed by atoms with E-state index in [9.17, 15) is 4.79 Å². The summed E-state index contributed by atoms with van der Waals surface area (Å²) in [5, 5.41) is 8.86. The number of hydrogen-bond donors (Lipinski definition) is 1. The molecule has 1 unspecified atom stereocenters. The lowest BCUT2D eigenvalue weighted by Gasteiger charge is -1.99. The third-order valence-corrected chi connectivity index (χ3v) is 1.05. The van der Waals surface area contributed by atoms with Crippen LogP contribution in [0.15, 0.2) is 12.2 Å². The maximum absolute atomic E-state index is 10.6.